The van der Waals surface area contributed by atoms with E-state index in [1.165, 1.54) is 0 Å². The Morgan fingerprint density at radius 1 is 1.42 bits per heavy atom. The van der Waals surface area contributed by atoms with Gasteiger partial charge in [-0.3, -0.25) is 9.32 Å². The molecule has 114 valence electrons. The number of hydrogen-bond donors (Lipinski definition) is 7. The molecule has 0 amide bonds. The van der Waals surface area contributed by atoms with Crippen LogP contribution in [0.25, 0.3) is 0 Å². The molecule has 1 unspecified atom stereocenters. The molecular weight excluding hydrogens is 287 g/mol. The Balaban J connectivity index is 0.000000555. The first-order chi connectivity index (χ1) is 8.58. The average molecular weight is 304 g/mol. The predicted octanol–water partition coefficient (Wildman–Crippen LogP) is -3.47. The highest BCUT2D eigenvalue weighted by Gasteiger charge is 2.41. The molecule has 9 N–H and O–H groups in total. The highest BCUT2D eigenvalue weighted by Crippen LogP contribution is 2.39. The minimum Gasteiger partial charge on any atom is -0.480 e. The Labute approximate surface area is 108 Å². The van der Waals surface area contributed by atoms with Crippen LogP contribution in [0.3, 0.4) is 0 Å². The monoisotopic (exact) mass is 304 g/mol. The third-order valence-electron chi connectivity index (χ3n) is 1.95. The predicted molar refractivity (Wildman–Crippen MR) is 59.5 cm³/mol. The summed E-state index contributed by atoms with van der Waals surface area (Å²) in [7, 11) is -4.77. The van der Waals surface area contributed by atoms with Crippen molar-refractivity contribution >= 4 is 13.8 Å². The summed E-state index contributed by atoms with van der Waals surface area (Å²) >= 11 is 0. The van der Waals surface area contributed by atoms with E-state index in [9.17, 15) is 14.5 Å². The van der Waals surface area contributed by atoms with Crippen molar-refractivity contribution in [1.29, 1.82) is 0 Å². The van der Waals surface area contributed by atoms with Gasteiger partial charge in [-0.05, 0) is 0 Å². The second-order valence-corrected chi connectivity index (χ2v) is 4.71. The number of ether oxygens (including phenoxy) is 1. The Morgan fingerprint density at radius 3 is 2.26 bits per heavy atom. The van der Waals surface area contributed by atoms with Crippen molar-refractivity contribution in [3.05, 3.63) is 0 Å². The van der Waals surface area contributed by atoms with E-state index in [-0.39, 0.29) is 13.2 Å². The molecule has 0 saturated carbocycles. The van der Waals surface area contributed by atoms with E-state index in [0.717, 1.165) is 0 Å². The molecule has 4 atom stereocenters. The van der Waals surface area contributed by atoms with Gasteiger partial charge in [0.25, 0.3) is 0 Å². The first kappa shape index (κ1) is 18.4. The lowest BCUT2D eigenvalue weighted by Gasteiger charge is -2.35. The number of carboxylic acids is 1. The first-order valence-corrected chi connectivity index (χ1v) is 6.50. The van der Waals surface area contributed by atoms with Crippen LogP contribution in [0.15, 0.2) is 0 Å². The fourth-order valence-corrected chi connectivity index (χ4v) is 1.66. The van der Waals surface area contributed by atoms with Crippen LogP contribution in [-0.2, 0) is 18.6 Å². The molecule has 0 aromatic carbocycles. The van der Waals surface area contributed by atoms with Gasteiger partial charge in [-0.1, -0.05) is 0 Å². The molecule has 1 heterocycles. The number of phosphoric ester groups is 1. The SMILES string of the molecule is NC1OC[C@@H](O)[C@@H](O)[C@H]1OP(=O)(O)O.NCC(=O)O. The van der Waals surface area contributed by atoms with Crippen LogP contribution in [0.5, 0.6) is 0 Å². The number of aliphatic hydroxyl groups excluding tert-OH is 2. The lowest BCUT2D eigenvalue weighted by atomic mass is 10.1. The van der Waals surface area contributed by atoms with Crippen molar-refractivity contribution in [2.75, 3.05) is 13.2 Å². The molecule has 0 aromatic rings. The summed E-state index contributed by atoms with van der Waals surface area (Å²) in [5.41, 5.74) is 9.85. The highest BCUT2D eigenvalue weighted by molar-refractivity contribution is 7.46. The third-order valence-corrected chi connectivity index (χ3v) is 2.47. The molecule has 0 aromatic heterocycles. The number of phosphoric acid groups is 1. The van der Waals surface area contributed by atoms with Crippen LogP contribution in [0.4, 0.5) is 0 Å². The van der Waals surface area contributed by atoms with Gasteiger partial charge in [-0.2, -0.15) is 0 Å². The van der Waals surface area contributed by atoms with Crippen molar-refractivity contribution in [2.45, 2.75) is 24.5 Å². The van der Waals surface area contributed by atoms with E-state index >= 15 is 0 Å². The first-order valence-electron chi connectivity index (χ1n) is 4.97. The fourth-order valence-electron chi connectivity index (χ4n) is 1.10. The van der Waals surface area contributed by atoms with Gasteiger partial charge in [0.1, 0.15) is 24.5 Å². The smallest absolute Gasteiger partial charge is 0.470 e. The lowest BCUT2D eigenvalue weighted by molar-refractivity contribution is -0.180. The number of hydrogen-bond acceptors (Lipinski definition) is 8. The van der Waals surface area contributed by atoms with Gasteiger partial charge in [-0.15, -0.1) is 0 Å². The molecule has 0 aliphatic carbocycles. The van der Waals surface area contributed by atoms with Crippen molar-refractivity contribution in [2.24, 2.45) is 11.5 Å². The van der Waals surface area contributed by atoms with Crippen LogP contribution in [0, 0.1) is 0 Å². The third kappa shape index (κ3) is 7.52. The number of rotatable bonds is 3. The van der Waals surface area contributed by atoms with Crippen molar-refractivity contribution in [3.63, 3.8) is 0 Å². The lowest BCUT2D eigenvalue weighted by Crippen LogP contribution is -2.57. The van der Waals surface area contributed by atoms with Gasteiger partial charge in [0.15, 0.2) is 0 Å². The van der Waals surface area contributed by atoms with Gasteiger partial charge in [0.05, 0.1) is 13.2 Å². The van der Waals surface area contributed by atoms with Crippen molar-refractivity contribution < 1.29 is 43.7 Å². The van der Waals surface area contributed by atoms with Crippen LogP contribution < -0.4 is 11.5 Å². The largest absolute Gasteiger partial charge is 0.480 e. The summed E-state index contributed by atoms with van der Waals surface area (Å²) in [6.45, 7) is -0.483. The average Bonchev–Trinajstić information content (AvgIpc) is 2.29. The van der Waals surface area contributed by atoms with Gasteiger partial charge >= 0.3 is 13.8 Å². The summed E-state index contributed by atoms with van der Waals surface area (Å²) < 4.78 is 19.4. The van der Waals surface area contributed by atoms with Crippen LogP contribution >= 0.6 is 7.82 Å². The number of nitrogens with two attached hydrogens (primary N) is 2. The highest BCUT2D eigenvalue weighted by atomic mass is 31.2. The molecule has 1 rings (SSSR count). The molecule has 0 bridgehead atoms. The molecule has 0 spiro atoms. The van der Waals surface area contributed by atoms with E-state index in [1.807, 2.05) is 0 Å². The molecule has 1 aliphatic heterocycles. The second-order valence-electron chi connectivity index (χ2n) is 3.51. The van der Waals surface area contributed by atoms with Gasteiger partial charge in [0, 0.05) is 0 Å². The summed E-state index contributed by atoms with van der Waals surface area (Å²) in [6.07, 6.45) is -5.38. The minimum atomic E-state index is -4.77. The normalized spacial score (nSPS) is 31.3. The fraction of sp³-hybridized carbons (Fsp3) is 0.857. The maximum atomic E-state index is 10.5. The Morgan fingerprint density at radius 2 is 1.89 bits per heavy atom. The number of carbonyl (C=O) groups is 1. The van der Waals surface area contributed by atoms with Gasteiger partial charge in [0.2, 0.25) is 0 Å². The Bertz CT molecular complexity index is 335. The standard InChI is InChI=1S/C5H12NO7P.C2H5NO2/c6-5-4(13-14(9,10)11)3(8)2(7)1-12-5;3-1-2(4)5/h2-5,7-8H,1,6H2,(H2,9,10,11);1,3H2,(H,4,5)/t2-,3-,4-,5?;/m1./s1. The van der Waals surface area contributed by atoms with E-state index in [0.29, 0.717) is 0 Å². The quantitative estimate of drug-likeness (QED) is 0.255. The summed E-state index contributed by atoms with van der Waals surface area (Å²) in [5, 5.41) is 26.0. The van der Waals surface area contributed by atoms with Crippen molar-refractivity contribution in [1.82, 2.24) is 0 Å². The molecular formula is C7H17N2O9P. The zero-order chi connectivity index (χ0) is 15.2. The molecule has 12 heteroatoms. The van der Waals surface area contributed by atoms with E-state index in [4.69, 9.17) is 30.5 Å². The molecule has 19 heavy (non-hydrogen) atoms. The Kier molecular flexibility index (Phi) is 7.59. The zero-order valence-corrected chi connectivity index (χ0v) is 10.6. The number of carboxylic acid groups (broad SMARTS) is 1. The van der Waals surface area contributed by atoms with Crippen LogP contribution in [0.2, 0.25) is 0 Å². The number of aliphatic hydroxyl groups is 2. The van der Waals surface area contributed by atoms with E-state index < -0.39 is 38.3 Å². The summed E-state index contributed by atoms with van der Waals surface area (Å²) in [5.74, 6) is -0.968. The maximum absolute atomic E-state index is 10.5. The van der Waals surface area contributed by atoms with Gasteiger partial charge in [-0.25, -0.2) is 4.57 Å². The number of aliphatic carboxylic acids is 1. The minimum absolute atomic E-state index is 0.205. The topological polar surface area (TPSA) is 206 Å². The summed E-state index contributed by atoms with van der Waals surface area (Å²) in [4.78, 5) is 26.2. The summed E-state index contributed by atoms with van der Waals surface area (Å²) in [6, 6.07) is 0. The van der Waals surface area contributed by atoms with Crippen LogP contribution in [0.1, 0.15) is 0 Å². The molecule has 1 fully saturated rings. The van der Waals surface area contributed by atoms with E-state index in [2.05, 4.69) is 10.3 Å². The van der Waals surface area contributed by atoms with Gasteiger partial charge < -0.3 is 41.3 Å². The molecule has 11 nitrogen and oxygen atoms in total. The van der Waals surface area contributed by atoms with Crippen molar-refractivity contribution in [3.8, 4) is 0 Å². The van der Waals surface area contributed by atoms with Crippen LogP contribution in [-0.4, -0.2) is 68.8 Å². The zero-order valence-electron chi connectivity index (χ0n) is 9.69. The molecule has 0 radical (unpaired) electrons. The molecule has 1 saturated heterocycles. The molecule has 1 aliphatic rings. The van der Waals surface area contributed by atoms with E-state index in [1.54, 1.807) is 0 Å². The Hall–Kier alpha value is -0.620. The second kappa shape index (κ2) is 7.85. The maximum Gasteiger partial charge on any atom is 0.470 e.